The molecule has 1 aliphatic rings. The summed E-state index contributed by atoms with van der Waals surface area (Å²) >= 11 is 1.68. The van der Waals surface area contributed by atoms with Gasteiger partial charge in [0.2, 0.25) is 0 Å². The maximum Gasteiger partial charge on any atom is 0.417 e. The lowest BCUT2D eigenvalue weighted by Crippen LogP contribution is -2.38. The number of benzene rings is 1. The highest BCUT2D eigenvalue weighted by Crippen LogP contribution is 2.34. The van der Waals surface area contributed by atoms with E-state index in [0.29, 0.717) is 26.4 Å². The Morgan fingerprint density at radius 3 is 2.60 bits per heavy atom. The van der Waals surface area contributed by atoms with Crippen molar-refractivity contribution in [2.75, 3.05) is 39.5 Å². The summed E-state index contributed by atoms with van der Waals surface area (Å²) in [5, 5.41) is 0. The third kappa shape index (κ3) is 4.49. The summed E-state index contributed by atoms with van der Waals surface area (Å²) in [6, 6.07) is 4.05. The lowest BCUT2D eigenvalue weighted by atomic mass is 10.2. The van der Waals surface area contributed by atoms with Crippen LogP contribution in [0.25, 0.3) is 0 Å². The fraction of sp³-hybridized carbons (Fsp3) is 0.538. The summed E-state index contributed by atoms with van der Waals surface area (Å²) in [7, 11) is 0. The molecule has 2 rings (SSSR count). The van der Waals surface area contributed by atoms with E-state index in [0.717, 1.165) is 19.2 Å². The molecule has 1 fully saturated rings. The molecule has 7 heteroatoms. The van der Waals surface area contributed by atoms with Crippen molar-refractivity contribution in [1.82, 2.24) is 4.90 Å². The molecule has 0 atom stereocenters. The summed E-state index contributed by atoms with van der Waals surface area (Å²) < 4.78 is 49.1. The number of hydrogen-bond acceptors (Lipinski definition) is 3. The lowest BCUT2D eigenvalue weighted by Gasteiger charge is -2.26. The van der Waals surface area contributed by atoms with Crippen LogP contribution in [0.15, 0.2) is 18.2 Å². The minimum Gasteiger partial charge on any atom is -0.492 e. The second-order valence-electron chi connectivity index (χ2n) is 4.44. The fourth-order valence-electron chi connectivity index (χ4n) is 1.93. The molecule has 1 aromatic carbocycles. The summed E-state index contributed by atoms with van der Waals surface area (Å²) in [6.45, 7) is 4.13. The first-order valence-corrected chi connectivity index (χ1v) is 7.34. The molecule has 112 valence electrons. The number of alkyl halides is 3. The van der Waals surface area contributed by atoms with E-state index in [9.17, 15) is 13.2 Å². The predicted octanol–water partition coefficient (Wildman–Crippen LogP) is 3.02. The van der Waals surface area contributed by atoms with Gasteiger partial charge in [-0.3, -0.25) is 4.90 Å². The highest BCUT2D eigenvalue weighted by Gasteiger charge is 2.33. The molecule has 0 unspecified atom stereocenters. The number of halogens is 4. The van der Waals surface area contributed by atoms with Crippen molar-refractivity contribution in [3.05, 3.63) is 27.3 Å². The van der Waals surface area contributed by atoms with Gasteiger partial charge in [0.05, 0.1) is 18.8 Å². The molecule has 1 aliphatic heterocycles. The zero-order valence-corrected chi connectivity index (χ0v) is 12.9. The average Bonchev–Trinajstić information content (AvgIpc) is 2.40. The number of ether oxygens (including phenoxy) is 2. The zero-order valence-electron chi connectivity index (χ0n) is 10.8. The summed E-state index contributed by atoms with van der Waals surface area (Å²) in [5.74, 6) is 0.256. The molecular weight excluding hydrogens is 386 g/mol. The van der Waals surface area contributed by atoms with Crippen LogP contribution in [-0.2, 0) is 10.9 Å². The van der Waals surface area contributed by atoms with Gasteiger partial charge in [-0.15, -0.1) is 0 Å². The predicted molar refractivity (Wildman–Crippen MR) is 76.9 cm³/mol. The Balaban J connectivity index is 1.89. The quantitative estimate of drug-likeness (QED) is 0.725. The molecule has 1 saturated heterocycles. The molecule has 1 aromatic rings. The highest BCUT2D eigenvalue weighted by molar-refractivity contribution is 14.1. The summed E-state index contributed by atoms with van der Waals surface area (Å²) in [4.78, 5) is 2.17. The van der Waals surface area contributed by atoms with E-state index in [-0.39, 0.29) is 9.32 Å². The number of morpholine rings is 1. The molecule has 0 aliphatic carbocycles. The van der Waals surface area contributed by atoms with E-state index in [4.69, 9.17) is 9.47 Å². The number of rotatable bonds is 4. The van der Waals surface area contributed by atoms with Crippen LogP contribution >= 0.6 is 22.6 Å². The van der Waals surface area contributed by atoms with Crippen LogP contribution in [0.5, 0.6) is 5.75 Å². The van der Waals surface area contributed by atoms with Gasteiger partial charge < -0.3 is 9.47 Å². The minimum absolute atomic E-state index is 0.177. The normalized spacial score (nSPS) is 17.2. The van der Waals surface area contributed by atoms with Crippen LogP contribution in [-0.4, -0.2) is 44.4 Å². The Bertz CT molecular complexity index is 448. The summed E-state index contributed by atoms with van der Waals surface area (Å²) in [6.07, 6.45) is -4.35. The molecular formula is C13H15F3INO2. The molecule has 3 nitrogen and oxygen atoms in total. The SMILES string of the molecule is FC(F)(F)c1cc(OCCN2CCOCC2)ccc1I. The molecule has 0 amide bonds. The smallest absolute Gasteiger partial charge is 0.417 e. The van der Waals surface area contributed by atoms with Gasteiger partial charge in [0.1, 0.15) is 12.4 Å². The fourth-order valence-corrected chi connectivity index (χ4v) is 2.57. The molecule has 1 heterocycles. The van der Waals surface area contributed by atoms with Crippen molar-refractivity contribution in [3.63, 3.8) is 0 Å². The summed E-state index contributed by atoms with van der Waals surface area (Å²) in [5.41, 5.74) is -0.651. The first-order chi connectivity index (χ1) is 9.47. The van der Waals surface area contributed by atoms with Gasteiger partial charge in [-0.05, 0) is 40.8 Å². The van der Waals surface area contributed by atoms with Gasteiger partial charge in [0.15, 0.2) is 0 Å². The Hall–Kier alpha value is -0.540. The topological polar surface area (TPSA) is 21.7 Å². The molecule has 20 heavy (non-hydrogen) atoms. The molecule has 0 radical (unpaired) electrons. The van der Waals surface area contributed by atoms with Crippen molar-refractivity contribution in [1.29, 1.82) is 0 Å². The van der Waals surface area contributed by atoms with E-state index in [1.54, 1.807) is 28.7 Å². The average molecular weight is 401 g/mol. The molecule has 0 spiro atoms. The Labute approximate surface area is 129 Å². The molecule has 0 N–H and O–H groups in total. The van der Waals surface area contributed by atoms with E-state index in [1.807, 2.05) is 0 Å². The van der Waals surface area contributed by atoms with E-state index in [1.165, 1.54) is 6.07 Å². The Morgan fingerprint density at radius 2 is 1.95 bits per heavy atom. The first kappa shape index (κ1) is 15.8. The zero-order chi connectivity index (χ0) is 14.6. The maximum absolute atomic E-state index is 12.8. The van der Waals surface area contributed by atoms with Crippen LogP contribution in [0, 0.1) is 3.57 Å². The van der Waals surface area contributed by atoms with E-state index < -0.39 is 11.7 Å². The van der Waals surface area contributed by atoms with Crippen LogP contribution in [0.3, 0.4) is 0 Å². The molecule has 0 bridgehead atoms. The van der Waals surface area contributed by atoms with Crippen molar-refractivity contribution in [2.24, 2.45) is 0 Å². The van der Waals surface area contributed by atoms with Crippen molar-refractivity contribution in [2.45, 2.75) is 6.18 Å². The monoisotopic (exact) mass is 401 g/mol. The van der Waals surface area contributed by atoms with Gasteiger partial charge in [-0.2, -0.15) is 13.2 Å². The Morgan fingerprint density at radius 1 is 1.25 bits per heavy atom. The molecule has 0 aromatic heterocycles. The van der Waals surface area contributed by atoms with Crippen molar-refractivity contribution in [3.8, 4) is 5.75 Å². The molecule has 0 saturated carbocycles. The number of nitrogens with zero attached hydrogens (tertiary/aromatic N) is 1. The van der Waals surface area contributed by atoms with Gasteiger partial charge in [0.25, 0.3) is 0 Å². The maximum atomic E-state index is 12.8. The number of hydrogen-bond donors (Lipinski definition) is 0. The van der Waals surface area contributed by atoms with Gasteiger partial charge in [-0.25, -0.2) is 0 Å². The Kier molecular flexibility index (Phi) is 5.50. The van der Waals surface area contributed by atoms with Crippen LogP contribution in [0.4, 0.5) is 13.2 Å². The lowest BCUT2D eigenvalue weighted by molar-refractivity contribution is -0.138. The van der Waals surface area contributed by atoms with E-state index in [2.05, 4.69) is 4.90 Å². The third-order valence-corrected chi connectivity index (χ3v) is 3.96. The second-order valence-corrected chi connectivity index (χ2v) is 5.60. The largest absolute Gasteiger partial charge is 0.492 e. The minimum atomic E-state index is -4.35. The van der Waals surface area contributed by atoms with Gasteiger partial charge in [0, 0.05) is 23.2 Å². The van der Waals surface area contributed by atoms with Gasteiger partial charge >= 0.3 is 6.18 Å². The van der Waals surface area contributed by atoms with Crippen LogP contribution < -0.4 is 4.74 Å². The van der Waals surface area contributed by atoms with Crippen molar-refractivity contribution >= 4 is 22.6 Å². The van der Waals surface area contributed by atoms with Crippen molar-refractivity contribution < 1.29 is 22.6 Å². The first-order valence-electron chi connectivity index (χ1n) is 6.26. The van der Waals surface area contributed by atoms with Crippen LogP contribution in [0.2, 0.25) is 0 Å². The van der Waals surface area contributed by atoms with E-state index >= 15 is 0 Å². The standard InChI is InChI=1S/C13H15F3INO2/c14-13(15,16)11-9-10(1-2-12(11)17)20-8-5-18-3-6-19-7-4-18/h1-2,9H,3-8H2. The highest BCUT2D eigenvalue weighted by atomic mass is 127. The van der Waals surface area contributed by atoms with Gasteiger partial charge in [-0.1, -0.05) is 0 Å². The second kappa shape index (κ2) is 6.95. The third-order valence-electron chi connectivity index (χ3n) is 3.02. The van der Waals surface area contributed by atoms with Crippen LogP contribution in [0.1, 0.15) is 5.56 Å².